The van der Waals surface area contributed by atoms with Gasteiger partial charge in [-0.25, -0.2) is 0 Å². The number of aryl methyl sites for hydroxylation is 1. The molecule has 0 radical (unpaired) electrons. The van der Waals surface area contributed by atoms with E-state index in [2.05, 4.69) is 0 Å². The molecule has 0 aliphatic rings. The summed E-state index contributed by atoms with van der Waals surface area (Å²) in [5.41, 5.74) is 9.42. The van der Waals surface area contributed by atoms with Crippen LogP contribution >= 0.6 is 23.2 Å². The number of rotatable bonds is 3. The third-order valence-electron chi connectivity index (χ3n) is 2.99. The lowest BCUT2D eigenvalue weighted by Gasteiger charge is -2.15. The van der Waals surface area contributed by atoms with Crippen molar-refractivity contribution >= 4 is 23.2 Å². The summed E-state index contributed by atoms with van der Waals surface area (Å²) < 4.78 is 0. The second kappa shape index (κ2) is 5.75. The van der Waals surface area contributed by atoms with Crippen LogP contribution in [0, 0.1) is 6.92 Å². The summed E-state index contributed by atoms with van der Waals surface area (Å²) in [6, 6.07) is 13.6. The summed E-state index contributed by atoms with van der Waals surface area (Å²) in [7, 11) is 0. The van der Waals surface area contributed by atoms with Gasteiger partial charge in [0.15, 0.2) is 0 Å². The van der Waals surface area contributed by atoms with Crippen molar-refractivity contribution in [3.8, 4) is 0 Å². The molecule has 0 aliphatic heterocycles. The SMILES string of the molecule is Cc1cccc(C(N)Cc2ccc(Cl)cc2)c1Cl. The van der Waals surface area contributed by atoms with E-state index in [1.54, 1.807) is 0 Å². The zero-order valence-electron chi connectivity index (χ0n) is 10.2. The standard InChI is InChI=1S/C15H15Cl2N/c1-10-3-2-4-13(15(10)17)14(18)9-11-5-7-12(16)8-6-11/h2-8,14H,9,18H2,1H3. The van der Waals surface area contributed by atoms with E-state index in [1.165, 1.54) is 0 Å². The largest absolute Gasteiger partial charge is 0.324 e. The molecule has 0 saturated carbocycles. The summed E-state index contributed by atoms with van der Waals surface area (Å²) in [4.78, 5) is 0. The maximum Gasteiger partial charge on any atom is 0.0483 e. The minimum atomic E-state index is -0.0985. The van der Waals surface area contributed by atoms with Crippen molar-refractivity contribution in [2.45, 2.75) is 19.4 Å². The summed E-state index contributed by atoms with van der Waals surface area (Å²) in [5.74, 6) is 0. The molecule has 94 valence electrons. The van der Waals surface area contributed by atoms with E-state index >= 15 is 0 Å². The summed E-state index contributed by atoms with van der Waals surface area (Å²) >= 11 is 12.1. The van der Waals surface area contributed by atoms with E-state index in [-0.39, 0.29) is 6.04 Å². The van der Waals surface area contributed by atoms with Crippen LogP contribution in [0.3, 0.4) is 0 Å². The minimum absolute atomic E-state index is 0.0985. The Bertz CT molecular complexity index is 535. The number of halogens is 2. The zero-order chi connectivity index (χ0) is 13.1. The number of nitrogens with two attached hydrogens (primary N) is 1. The van der Waals surface area contributed by atoms with Crippen LogP contribution < -0.4 is 5.73 Å². The van der Waals surface area contributed by atoms with Gasteiger partial charge in [-0.15, -0.1) is 0 Å². The molecule has 0 saturated heterocycles. The van der Waals surface area contributed by atoms with Crippen LogP contribution in [0.5, 0.6) is 0 Å². The molecule has 3 heteroatoms. The topological polar surface area (TPSA) is 26.0 Å². The summed E-state index contributed by atoms with van der Waals surface area (Å²) in [6.07, 6.45) is 0.750. The Hall–Kier alpha value is -1.02. The van der Waals surface area contributed by atoms with Crippen molar-refractivity contribution in [2.24, 2.45) is 5.73 Å². The van der Waals surface area contributed by atoms with Gasteiger partial charge in [0.25, 0.3) is 0 Å². The highest BCUT2D eigenvalue weighted by Crippen LogP contribution is 2.27. The molecule has 1 atom stereocenters. The zero-order valence-corrected chi connectivity index (χ0v) is 11.7. The highest BCUT2D eigenvalue weighted by molar-refractivity contribution is 6.32. The first-order valence-electron chi connectivity index (χ1n) is 5.83. The van der Waals surface area contributed by atoms with Crippen molar-refractivity contribution in [3.05, 3.63) is 69.2 Å². The van der Waals surface area contributed by atoms with Gasteiger partial charge in [-0.3, -0.25) is 0 Å². The van der Waals surface area contributed by atoms with Crippen molar-refractivity contribution in [2.75, 3.05) is 0 Å². The van der Waals surface area contributed by atoms with E-state index < -0.39 is 0 Å². The van der Waals surface area contributed by atoms with E-state index in [0.717, 1.165) is 33.2 Å². The van der Waals surface area contributed by atoms with Crippen LogP contribution in [-0.2, 0) is 6.42 Å². The Labute approximate surface area is 118 Å². The second-order valence-electron chi connectivity index (χ2n) is 4.42. The summed E-state index contributed by atoms with van der Waals surface area (Å²) in [6.45, 7) is 1.99. The molecule has 2 aromatic rings. The van der Waals surface area contributed by atoms with E-state index in [0.29, 0.717) is 0 Å². The van der Waals surface area contributed by atoms with Crippen LogP contribution in [0.4, 0.5) is 0 Å². The molecule has 0 aromatic heterocycles. The number of hydrogen-bond donors (Lipinski definition) is 1. The molecule has 2 aromatic carbocycles. The Morgan fingerprint density at radius 1 is 1.06 bits per heavy atom. The molecule has 0 amide bonds. The fourth-order valence-corrected chi connectivity index (χ4v) is 2.33. The Kier molecular flexibility index (Phi) is 4.28. The fraction of sp³-hybridized carbons (Fsp3) is 0.200. The fourth-order valence-electron chi connectivity index (χ4n) is 1.94. The van der Waals surface area contributed by atoms with Crippen LogP contribution in [0.25, 0.3) is 0 Å². The highest BCUT2D eigenvalue weighted by Gasteiger charge is 2.12. The van der Waals surface area contributed by atoms with Gasteiger partial charge in [0.1, 0.15) is 0 Å². The monoisotopic (exact) mass is 279 g/mol. The first-order valence-corrected chi connectivity index (χ1v) is 6.58. The van der Waals surface area contributed by atoms with Gasteiger partial charge in [-0.2, -0.15) is 0 Å². The molecule has 2 N–H and O–H groups in total. The molecule has 0 aliphatic carbocycles. The van der Waals surface area contributed by atoms with Crippen molar-refractivity contribution in [3.63, 3.8) is 0 Å². The molecule has 0 fully saturated rings. The van der Waals surface area contributed by atoms with Gasteiger partial charge >= 0.3 is 0 Å². The Morgan fingerprint density at radius 2 is 1.72 bits per heavy atom. The quantitative estimate of drug-likeness (QED) is 0.877. The van der Waals surface area contributed by atoms with Crippen LogP contribution in [0.1, 0.15) is 22.7 Å². The molecule has 1 nitrogen and oxygen atoms in total. The molecule has 0 spiro atoms. The molecule has 0 heterocycles. The molecule has 0 bridgehead atoms. The van der Waals surface area contributed by atoms with E-state index in [4.69, 9.17) is 28.9 Å². The lowest BCUT2D eigenvalue weighted by Crippen LogP contribution is -2.14. The van der Waals surface area contributed by atoms with Crippen molar-refractivity contribution in [1.82, 2.24) is 0 Å². The summed E-state index contributed by atoms with van der Waals surface area (Å²) in [5, 5.41) is 1.50. The smallest absolute Gasteiger partial charge is 0.0483 e. The lowest BCUT2D eigenvalue weighted by molar-refractivity contribution is 0.721. The first-order chi connectivity index (χ1) is 8.58. The molecular formula is C15H15Cl2N. The van der Waals surface area contributed by atoms with Gasteiger partial charge < -0.3 is 5.73 Å². The van der Waals surface area contributed by atoms with Gasteiger partial charge in [0.05, 0.1) is 0 Å². The normalized spacial score (nSPS) is 12.4. The maximum absolute atomic E-state index is 6.28. The van der Waals surface area contributed by atoms with Gasteiger partial charge in [-0.1, -0.05) is 53.5 Å². The van der Waals surface area contributed by atoms with Crippen molar-refractivity contribution < 1.29 is 0 Å². The predicted octanol–water partition coefficient (Wildman–Crippen LogP) is 4.54. The molecule has 18 heavy (non-hydrogen) atoms. The average molecular weight is 280 g/mol. The third kappa shape index (κ3) is 3.05. The highest BCUT2D eigenvalue weighted by atomic mass is 35.5. The van der Waals surface area contributed by atoms with E-state index in [9.17, 15) is 0 Å². The first kappa shape index (κ1) is 13.4. The Balaban J connectivity index is 2.19. The van der Waals surface area contributed by atoms with Gasteiger partial charge in [0, 0.05) is 16.1 Å². The molecular weight excluding hydrogens is 265 g/mol. The number of benzene rings is 2. The predicted molar refractivity (Wildman–Crippen MR) is 78.3 cm³/mol. The van der Waals surface area contributed by atoms with Crippen LogP contribution in [0.2, 0.25) is 10.0 Å². The maximum atomic E-state index is 6.28. The third-order valence-corrected chi connectivity index (χ3v) is 3.76. The Morgan fingerprint density at radius 3 is 2.39 bits per heavy atom. The average Bonchev–Trinajstić information content (AvgIpc) is 2.35. The second-order valence-corrected chi connectivity index (χ2v) is 5.23. The lowest BCUT2D eigenvalue weighted by atomic mass is 9.98. The van der Waals surface area contributed by atoms with Crippen molar-refractivity contribution in [1.29, 1.82) is 0 Å². The molecule has 1 unspecified atom stereocenters. The molecule has 2 rings (SSSR count). The van der Waals surface area contributed by atoms with Gasteiger partial charge in [0.2, 0.25) is 0 Å². The van der Waals surface area contributed by atoms with Gasteiger partial charge in [-0.05, 0) is 42.2 Å². The van der Waals surface area contributed by atoms with Crippen LogP contribution in [-0.4, -0.2) is 0 Å². The number of hydrogen-bond acceptors (Lipinski definition) is 1. The minimum Gasteiger partial charge on any atom is -0.324 e. The van der Waals surface area contributed by atoms with Crippen LogP contribution in [0.15, 0.2) is 42.5 Å². The van der Waals surface area contributed by atoms with E-state index in [1.807, 2.05) is 49.4 Å².